The van der Waals surface area contributed by atoms with E-state index in [-0.39, 0.29) is 12.2 Å². The monoisotopic (exact) mass is 276 g/mol. The van der Waals surface area contributed by atoms with Gasteiger partial charge in [0.25, 0.3) is 5.91 Å². The van der Waals surface area contributed by atoms with Crippen molar-refractivity contribution in [2.45, 2.75) is 6.29 Å². The van der Waals surface area contributed by atoms with E-state index >= 15 is 0 Å². The predicted octanol–water partition coefficient (Wildman–Crippen LogP) is 2.44. The summed E-state index contributed by atoms with van der Waals surface area (Å²) in [6.07, 6.45) is -0.337. The van der Waals surface area contributed by atoms with Gasteiger partial charge >= 0.3 is 0 Å². The number of amides is 1. The van der Waals surface area contributed by atoms with Crippen LogP contribution in [0.4, 0.5) is 5.69 Å². The molecule has 6 heteroatoms. The van der Waals surface area contributed by atoms with Crippen LogP contribution in [0.15, 0.2) is 35.2 Å². The van der Waals surface area contributed by atoms with Crippen molar-refractivity contribution < 1.29 is 14.3 Å². The van der Waals surface area contributed by atoms with Gasteiger partial charge in [0.15, 0.2) is 6.29 Å². The number of rotatable bonds is 3. The maximum absolute atomic E-state index is 11.9. The minimum atomic E-state index is -0.337. The molecule has 0 atom stereocenters. The number of nitrogens with one attached hydrogen (secondary N) is 1. The van der Waals surface area contributed by atoms with Crippen molar-refractivity contribution in [3.05, 3.63) is 46.4 Å². The van der Waals surface area contributed by atoms with E-state index in [0.29, 0.717) is 24.6 Å². The largest absolute Gasteiger partial charge is 0.346 e. The van der Waals surface area contributed by atoms with E-state index in [2.05, 4.69) is 10.3 Å². The highest BCUT2D eigenvalue weighted by molar-refractivity contribution is 7.07. The van der Waals surface area contributed by atoms with Gasteiger partial charge in [0.2, 0.25) is 0 Å². The average molecular weight is 276 g/mol. The van der Waals surface area contributed by atoms with Crippen LogP contribution in [0.3, 0.4) is 0 Å². The molecule has 1 aromatic carbocycles. The van der Waals surface area contributed by atoms with Gasteiger partial charge in [-0.05, 0) is 12.1 Å². The lowest BCUT2D eigenvalue weighted by Gasteiger charge is -2.11. The van der Waals surface area contributed by atoms with Crippen LogP contribution in [0.1, 0.15) is 22.3 Å². The van der Waals surface area contributed by atoms with Gasteiger partial charge in [0, 0.05) is 16.6 Å². The number of carbonyl (C=O) groups is 1. The number of hydrogen-bond donors (Lipinski definition) is 1. The van der Waals surface area contributed by atoms with Gasteiger partial charge in [-0.3, -0.25) is 4.79 Å². The molecule has 0 radical (unpaired) electrons. The van der Waals surface area contributed by atoms with E-state index in [0.717, 1.165) is 5.56 Å². The van der Waals surface area contributed by atoms with Gasteiger partial charge in [0.05, 0.1) is 18.7 Å². The quantitative estimate of drug-likeness (QED) is 0.935. The lowest BCUT2D eigenvalue weighted by Crippen LogP contribution is -2.12. The molecule has 2 heterocycles. The van der Waals surface area contributed by atoms with Crippen molar-refractivity contribution in [3.8, 4) is 0 Å². The molecule has 1 aromatic heterocycles. The Morgan fingerprint density at radius 3 is 2.95 bits per heavy atom. The van der Waals surface area contributed by atoms with E-state index in [1.807, 2.05) is 24.3 Å². The summed E-state index contributed by atoms with van der Waals surface area (Å²) in [7, 11) is 0. The average Bonchev–Trinajstić information content (AvgIpc) is 3.13. The predicted molar refractivity (Wildman–Crippen MR) is 71.2 cm³/mol. The molecule has 0 saturated carbocycles. The van der Waals surface area contributed by atoms with E-state index < -0.39 is 0 Å². The number of hydrogen-bond acceptors (Lipinski definition) is 5. The van der Waals surface area contributed by atoms with Crippen LogP contribution in [-0.2, 0) is 9.47 Å². The third-order valence-corrected chi connectivity index (χ3v) is 3.29. The molecule has 19 heavy (non-hydrogen) atoms. The summed E-state index contributed by atoms with van der Waals surface area (Å²) in [5, 5.41) is 4.51. The maximum Gasteiger partial charge on any atom is 0.275 e. The van der Waals surface area contributed by atoms with E-state index in [1.165, 1.54) is 11.3 Å². The summed E-state index contributed by atoms with van der Waals surface area (Å²) < 4.78 is 10.9. The second-order valence-corrected chi connectivity index (χ2v) is 4.75. The SMILES string of the molecule is O=C(Nc1cccc(C2OCCO2)c1)c1cscn1. The zero-order chi connectivity index (χ0) is 13.1. The van der Waals surface area contributed by atoms with Gasteiger partial charge in [0.1, 0.15) is 5.69 Å². The summed E-state index contributed by atoms with van der Waals surface area (Å²) in [6.45, 7) is 1.19. The summed E-state index contributed by atoms with van der Waals surface area (Å²) >= 11 is 1.39. The first-order chi connectivity index (χ1) is 9.33. The molecule has 1 N–H and O–H groups in total. The zero-order valence-electron chi connectivity index (χ0n) is 10.0. The van der Waals surface area contributed by atoms with Crippen LogP contribution >= 0.6 is 11.3 Å². The van der Waals surface area contributed by atoms with Crippen LogP contribution in [0.2, 0.25) is 0 Å². The molecule has 1 amide bonds. The first kappa shape index (κ1) is 12.3. The molecule has 98 valence electrons. The molecular formula is C13H12N2O3S. The maximum atomic E-state index is 11.9. The van der Waals surface area contributed by atoms with Crippen LogP contribution in [0, 0.1) is 0 Å². The summed E-state index contributed by atoms with van der Waals surface area (Å²) in [5.74, 6) is -0.216. The fourth-order valence-electron chi connectivity index (χ4n) is 1.83. The lowest BCUT2D eigenvalue weighted by atomic mass is 10.2. The lowest BCUT2D eigenvalue weighted by molar-refractivity contribution is -0.0440. The van der Waals surface area contributed by atoms with E-state index in [1.54, 1.807) is 10.9 Å². The van der Waals surface area contributed by atoms with Crippen LogP contribution in [0.25, 0.3) is 0 Å². The van der Waals surface area contributed by atoms with Crippen LogP contribution in [0.5, 0.6) is 0 Å². The van der Waals surface area contributed by atoms with Crippen molar-refractivity contribution in [1.82, 2.24) is 4.98 Å². The normalized spacial score (nSPS) is 15.6. The van der Waals surface area contributed by atoms with Crippen LogP contribution in [-0.4, -0.2) is 24.1 Å². The Hall–Kier alpha value is -1.76. The molecule has 0 bridgehead atoms. The highest BCUT2D eigenvalue weighted by atomic mass is 32.1. The smallest absolute Gasteiger partial charge is 0.275 e. The minimum absolute atomic E-state index is 0.216. The molecule has 1 fully saturated rings. The molecule has 0 unspecified atom stereocenters. The van der Waals surface area contributed by atoms with E-state index in [4.69, 9.17) is 9.47 Å². The van der Waals surface area contributed by atoms with Crippen molar-refractivity contribution in [2.75, 3.05) is 18.5 Å². The third-order valence-electron chi connectivity index (χ3n) is 2.70. The number of thiazole rings is 1. The minimum Gasteiger partial charge on any atom is -0.346 e. The topological polar surface area (TPSA) is 60.5 Å². The second-order valence-electron chi connectivity index (χ2n) is 4.03. The van der Waals surface area contributed by atoms with Gasteiger partial charge in [-0.1, -0.05) is 12.1 Å². The molecule has 1 aliphatic heterocycles. The Bertz CT molecular complexity index is 565. The van der Waals surface area contributed by atoms with Gasteiger partial charge in [-0.15, -0.1) is 11.3 Å². The first-order valence-corrected chi connectivity index (χ1v) is 6.80. The van der Waals surface area contributed by atoms with Crippen molar-refractivity contribution in [3.63, 3.8) is 0 Å². The van der Waals surface area contributed by atoms with Gasteiger partial charge in [-0.25, -0.2) is 4.98 Å². The Morgan fingerprint density at radius 1 is 1.37 bits per heavy atom. The fraction of sp³-hybridized carbons (Fsp3) is 0.231. The molecule has 0 aliphatic carbocycles. The highest BCUT2D eigenvalue weighted by Gasteiger charge is 2.18. The Balaban J connectivity index is 1.74. The molecule has 5 nitrogen and oxygen atoms in total. The van der Waals surface area contributed by atoms with Crippen molar-refractivity contribution in [1.29, 1.82) is 0 Å². The molecule has 2 aromatic rings. The second kappa shape index (κ2) is 5.48. The molecular weight excluding hydrogens is 264 g/mol. The van der Waals surface area contributed by atoms with Gasteiger partial charge < -0.3 is 14.8 Å². The number of aromatic nitrogens is 1. The number of ether oxygens (including phenoxy) is 2. The van der Waals surface area contributed by atoms with Gasteiger partial charge in [-0.2, -0.15) is 0 Å². The standard InChI is InChI=1S/C13H12N2O3S/c16-12(11-7-19-8-14-11)15-10-3-1-2-9(6-10)13-17-4-5-18-13/h1-3,6-8,13H,4-5H2,(H,15,16). The summed E-state index contributed by atoms with van der Waals surface area (Å²) in [5.41, 5.74) is 3.65. The summed E-state index contributed by atoms with van der Waals surface area (Å²) in [4.78, 5) is 15.8. The Morgan fingerprint density at radius 2 is 2.21 bits per heavy atom. The van der Waals surface area contributed by atoms with Crippen molar-refractivity contribution in [2.24, 2.45) is 0 Å². The number of nitrogens with zero attached hydrogens (tertiary/aromatic N) is 1. The molecule has 1 aliphatic rings. The number of carbonyl (C=O) groups excluding carboxylic acids is 1. The number of benzene rings is 1. The Kier molecular flexibility index (Phi) is 3.54. The first-order valence-electron chi connectivity index (χ1n) is 5.85. The zero-order valence-corrected chi connectivity index (χ0v) is 10.9. The molecule has 1 saturated heterocycles. The van der Waals surface area contributed by atoms with Crippen LogP contribution < -0.4 is 5.32 Å². The molecule has 0 spiro atoms. The molecule has 3 rings (SSSR count). The highest BCUT2D eigenvalue weighted by Crippen LogP contribution is 2.25. The fourth-order valence-corrected chi connectivity index (χ4v) is 2.37. The van der Waals surface area contributed by atoms with E-state index in [9.17, 15) is 4.79 Å². The van der Waals surface area contributed by atoms with Crippen molar-refractivity contribution >= 4 is 22.9 Å². The number of anilines is 1. The summed E-state index contributed by atoms with van der Waals surface area (Å²) in [6, 6.07) is 7.44. The third kappa shape index (κ3) is 2.81. The Labute approximate surface area is 114 Å².